The van der Waals surface area contributed by atoms with Crippen LogP contribution in [0.3, 0.4) is 0 Å². The zero-order valence-corrected chi connectivity index (χ0v) is 20.8. The maximum atomic E-state index is 12.1. The van der Waals surface area contributed by atoms with Gasteiger partial charge in [0.25, 0.3) is 0 Å². The molecule has 0 aliphatic heterocycles. The van der Waals surface area contributed by atoms with Crippen molar-refractivity contribution in [3.05, 3.63) is 11.6 Å². The van der Waals surface area contributed by atoms with Gasteiger partial charge in [0.1, 0.15) is 0 Å². The second kappa shape index (κ2) is 8.40. The van der Waals surface area contributed by atoms with Gasteiger partial charge in [0, 0.05) is 6.42 Å². The lowest BCUT2D eigenvalue weighted by atomic mass is 9.46. The first kappa shape index (κ1) is 22.6. The Bertz CT molecular complexity index is 674. The van der Waals surface area contributed by atoms with Gasteiger partial charge in [-0.15, -0.1) is 0 Å². The maximum Gasteiger partial charge on any atom is 0.155 e. The predicted octanol–water partition coefficient (Wildman–Crippen LogP) is 8.23. The molecule has 4 rings (SSSR count). The van der Waals surface area contributed by atoms with Crippen LogP contribution in [0.4, 0.5) is 0 Å². The highest BCUT2D eigenvalue weighted by Crippen LogP contribution is 2.67. The van der Waals surface area contributed by atoms with Crippen LogP contribution < -0.4 is 0 Å². The molecule has 1 nitrogen and oxygen atoms in total. The molecule has 0 radical (unpaired) electrons. The van der Waals surface area contributed by atoms with Crippen molar-refractivity contribution in [2.24, 2.45) is 52.3 Å². The number of ketones is 1. The van der Waals surface area contributed by atoms with Crippen LogP contribution >= 0.6 is 0 Å². The molecular weight excluding hydrogens is 364 g/mol. The van der Waals surface area contributed by atoms with Crippen molar-refractivity contribution in [2.75, 3.05) is 0 Å². The van der Waals surface area contributed by atoms with E-state index in [9.17, 15) is 4.79 Å². The van der Waals surface area contributed by atoms with Gasteiger partial charge in [-0.05, 0) is 110 Å². The van der Waals surface area contributed by atoms with E-state index < -0.39 is 0 Å². The highest BCUT2D eigenvalue weighted by Gasteiger charge is 2.59. The third-order valence-electron chi connectivity index (χ3n) is 11.2. The SMILES string of the molecule is CC[C@H](CC[C@@H](C)[C@H]1CC[C@@H]2[C@@H]3CCC4=CC(=O)CC[C@]4(C)[C@H]3CC[C@@]21C)C(C)C. The van der Waals surface area contributed by atoms with E-state index >= 15 is 0 Å². The number of hydrogen-bond donors (Lipinski definition) is 0. The molecule has 0 aromatic heterocycles. The predicted molar refractivity (Wildman–Crippen MR) is 127 cm³/mol. The Morgan fingerprint density at radius 1 is 0.967 bits per heavy atom. The normalized spacial score (nSPS) is 42.9. The number of allylic oxidation sites excluding steroid dienone is 1. The highest BCUT2D eigenvalue weighted by molar-refractivity contribution is 5.91. The number of hydrogen-bond acceptors (Lipinski definition) is 1. The smallest absolute Gasteiger partial charge is 0.155 e. The van der Waals surface area contributed by atoms with Crippen molar-refractivity contribution in [3.8, 4) is 0 Å². The zero-order chi connectivity index (χ0) is 21.7. The molecule has 3 fully saturated rings. The molecule has 0 aromatic carbocycles. The average molecular weight is 413 g/mol. The van der Waals surface area contributed by atoms with Crippen molar-refractivity contribution >= 4 is 5.78 Å². The van der Waals surface area contributed by atoms with E-state index in [1.807, 2.05) is 0 Å². The van der Waals surface area contributed by atoms with Crippen molar-refractivity contribution in [3.63, 3.8) is 0 Å². The van der Waals surface area contributed by atoms with E-state index in [0.29, 0.717) is 16.6 Å². The largest absolute Gasteiger partial charge is 0.295 e. The van der Waals surface area contributed by atoms with Crippen molar-refractivity contribution < 1.29 is 4.79 Å². The Balaban J connectivity index is 1.48. The van der Waals surface area contributed by atoms with Crippen LogP contribution in [0.15, 0.2) is 11.6 Å². The maximum absolute atomic E-state index is 12.1. The molecule has 170 valence electrons. The lowest BCUT2D eigenvalue weighted by Crippen LogP contribution is -2.51. The third kappa shape index (κ3) is 3.65. The van der Waals surface area contributed by atoms with E-state index in [0.717, 1.165) is 54.3 Å². The second-order valence-corrected chi connectivity index (χ2v) is 12.7. The van der Waals surface area contributed by atoms with Crippen molar-refractivity contribution in [2.45, 2.75) is 112 Å². The van der Waals surface area contributed by atoms with Gasteiger partial charge in [-0.2, -0.15) is 0 Å². The minimum Gasteiger partial charge on any atom is -0.295 e. The van der Waals surface area contributed by atoms with Gasteiger partial charge < -0.3 is 0 Å². The van der Waals surface area contributed by atoms with Gasteiger partial charge in [-0.1, -0.05) is 60.0 Å². The zero-order valence-electron chi connectivity index (χ0n) is 20.8. The van der Waals surface area contributed by atoms with Gasteiger partial charge in [-0.25, -0.2) is 0 Å². The van der Waals surface area contributed by atoms with E-state index in [1.165, 1.54) is 63.4 Å². The van der Waals surface area contributed by atoms with Gasteiger partial charge in [0.15, 0.2) is 5.78 Å². The summed E-state index contributed by atoms with van der Waals surface area (Å²) < 4.78 is 0. The van der Waals surface area contributed by atoms with Crippen LogP contribution in [0.2, 0.25) is 0 Å². The van der Waals surface area contributed by atoms with Crippen LogP contribution in [0, 0.1) is 52.3 Å². The van der Waals surface area contributed by atoms with Crippen LogP contribution in [0.5, 0.6) is 0 Å². The van der Waals surface area contributed by atoms with E-state index in [2.05, 4.69) is 47.6 Å². The van der Waals surface area contributed by atoms with Gasteiger partial charge in [0.2, 0.25) is 0 Å². The molecule has 0 N–H and O–H groups in total. The fraction of sp³-hybridized carbons (Fsp3) is 0.897. The molecule has 0 aromatic rings. The lowest BCUT2D eigenvalue weighted by molar-refractivity contribution is -0.117. The Hall–Kier alpha value is -0.590. The summed E-state index contributed by atoms with van der Waals surface area (Å²) in [7, 11) is 0. The first-order valence-electron chi connectivity index (χ1n) is 13.4. The van der Waals surface area contributed by atoms with Crippen LogP contribution in [0.25, 0.3) is 0 Å². The Labute approximate surface area is 186 Å². The van der Waals surface area contributed by atoms with E-state index in [1.54, 1.807) is 0 Å². The van der Waals surface area contributed by atoms with Crippen molar-refractivity contribution in [1.82, 2.24) is 0 Å². The van der Waals surface area contributed by atoms with Crippen LogP contribution in [-0.4, -0.2) is 5.78 Å². The number of carbonyl (C=O) groups is 1. The molecule has 8 atom stereocenters. The second-order valence-electron chi connectivity index (χ2n) is 12.7. The molecule has 0 heterocycles. The molecule has 0 bridgehead atoms. The molecule has 0 amide bonds. The molecule has 0 unspecified atom stereocenters. The quantitative estimate of drug-likeness (QED) is 0.429. The monoisotopic (exact) mass is 412 g/mol. The number of carbonyl (C=O) groups excluding carboxylic acids is 1. The molecule has 3 saturated carbocycles. The molecular formula is C29H48O. The standard InChI is InChI=1S/C29H48O/c1-7-21(19(2)3)9-8-20(4)25-12-13-26-24-11-10-22-18-23(30)14-16-28(22,5)27(24)15-17-29(25,26)6/h18-21,24-27H,7-17H2,1-6H3/t20-,21-,24+,25-,26-,27+,28+,29-/m1/s1. The third-order valence-corrected chi connectivity index (χ3v) is 11.2. The fourth-order valence-corrected chi connectivity index (χ4v) is 9.22. The lowest BCUT2D eigenvalue weighted by Gasteiger charge is -2.58. The molecule has 4 aliphatic rings. The summed E-state index contributed by atoms with van der Waals surface area (Å²) in [6.45, 7) is 15.0. The van der Waals surface area contributed by atoms with Gasteiger partial charge in [-0.3, -0.25) is 4.79 Å². The minimum atomic E-state index is 0.327. The summed E-state index contributed by atoms with van der Waals surface area (Å²) in [6, 6.07) is 0. The van der Waals surface area contributed by atoms with E-state index in [-0.39, 0.29) is 0 Å². The number of rotatable bonds is 6. The Morgan fingerprint density at radius 3 is 2.43 bits per heavy atom. The van der Waals surface area contributed by atoms with Gasteiger partial charge >= 0.3 is 0 Å². The first-order chi connectivity index (χ1) is 14.2. The summed E-state index contributed by atoms with van der Waals surface area (Å²) >= 11 is 0. The molecule has 1 heteroatoms. The minimum absolute atomic E-state index is 0.327. The molecule has 4 aliphatic carbocycles. The summed E-state index contributed by atoms with van der Waals surface area (Å²) in [4.78, 5) is 12.1. The van der Waals surface area contributed by atoms with Crippen LogP contribution in [0.1, 0.15) is 112 Å². The first-order valence-corrected chi connectivity index (χ1v) is 13.4. The molecule has 0 spiro atoms. The summed E-state index contributed by atoms with van der Waals surface area (Å²) in [5.74, 6) is 6.63. The summed E-state index contributed by atoms with van der Waals surface area (Å²) in [5.41, 5.74) is 2.42. The summed E-state index contributed by atoms with van der Waals surface area (Å²) in [5, 5.41) is 0. The molecule has 0 saturated heterocycles. The topological polar surface area (TPSA) is 17.1 Å². The number of fused-ring (bicyclic) bond motifs is 5. The Kier molecular flexibility index (Phi) is 6.33. The summed E-state index contributed by atoms with van der Waals surface area (Å²) in [6.07, 6.45) is 16.5. The van der Waals surface area contributed by atoms with Crippen molar-refractivity contribution in [1.29, 1.82) is 0 Å². The Morgan fingerprint density at radius 2 is 1.73 bits per heavy atom. The van der Waals surface area contributed by atoms with Crippen LogP contribution in [-0.2, 0) is 4.79 Å². The average Bonchev–Trinajstić information content (AvgIpc) is 3.06. The van der Waals surface area contributed by atoms with Gasteiger partial charge in [0.05, 0.1) is 0 Å². The van der Waals surface area contributed by atoms with E-state index in [4.69, 9.17) is 0 Å². The molecule has 30 heavy (non-hydrogen) atoms. The highest BCUT2D eigenvalue weighted by atomic mass is 16.1. The fourth-order valence-electron chi connectivity index (χ4n) is 9.22.